The van der Waals surface area contributed by atoms with Gasteiger partial charge in [0.05, 0.1) is 6.10 Å². The maximum atomic E-state index is 5.58. The van der Waals surface area contributed by atoms with Crippen molar-refractivity contribution in [2.24, 2.45) is 5.92 Å². The summed E-state index contributed by atoms with van der Waals surface area (Å²) in [6.45, 7) is 3.95. The molecular formula is C13H23N3OS. The van der Waals surface area contributed by atoms with Crippen molar-refractivity contribution < 1.29 is 4.74 Å². The second kappa shape index (κ2) is 7.16. The highest BCUT2D eigenvalue weighted by Gasteiger charge is 2.30. The monoisotopic (exact) mass is 269 g/mol. The molecule has 102 valence electrons. The highest BCUT2D eigenvalue weighted by atomic mass is 32.1. The first-order chi connectivity index (χ1) is 8.81. The minimum Gasteiger partial charge on any atom is -0.378 e. The summed E-state index contributed by atoms with van der Waals surface area (Å²) < 4.78 is 5.58. The Kier molecular flexibility index (Phi) is 5.53. The molecule has 0 atom stereocenters. The second-order valence-electron chi connectivity index (χ2n) is 4.92. The van der Waals surface area contributed by atoms with Crippen molar-refractivity contribution in [1.29, 1.82) is 0 Å². The van der Waals surface area contributed by atoms with Crippen LogP contribution in [-0.4, -0.2) is 36.5 Å². The van der Waals surface area contributed by atoms with Gasteiger partial charge in [-0.15, -0.1) is 21.5 Å². The molecule has 2 rings (SSSR count). The third-order valence-electron chi connectivity index (χ3n) is 3.38. The highest BCUT2D eigenvalue weighted by Crippen LogP contribution is 2.33. The van der Waals surface area contributed by atoms with E-state index in [0.717, 1.165) is 38.3 Å². The van der Waals surface area contributed by atoms with Crippen molar-refractivity contribution in [1.82, 2.24) is 15.5 Å². The molecule has 0 saturated heterocycles. The number of hydrogen-bond acceptors (Lipinski definition) is 5. The first-order valence-corrected chi connectivity index (χ1v) is 7.71. The van der Waals surface area contributed by atoms with Crippen LogP contribution in [-0.2, 0) is 17.6 Å². The molecule has 0 unspecified atom stereocenters. The molecule has 1 fully saturated rings. The van der Waals surface area contributed by atoms with E-state index >= 15 is 0 Å². The third kappa shape index (κ3) is 4.00. The topological polar surface area (TPSA) is 47.0 Å². The Bertz CT molecular complexity index is 350. The van der Waals surface area contributed by atoms with Gasteiger partial charge in [-0.05, 0) is 45.7 Å². The second-order valence-corrected chi connectivity index (χ2v) is 6.06. The van der Waals surface area contributed by atoms with Crippen molar-refractivity contribution in [3.05, 3.63) is 10.0 Å². The summed E-state index contributed by atoms with van der Waals surface area (Å²) in [5, 5.41) is 14.1. The summed E-state index contributed by atoms with van der Waals surface area (Å²) in [7, 11) is 1.98. The van der Waals surface area contributed by atoms with Gasteiger partial charge in [-0.3, -0.25) is 0 Å². The van der Waals surface area contributed by atoms with E-state index in [4.69, 9.17) is 4.74 Å². The van der Waals surface area contributed by atoms with Crippen molar-refractivity contribution in [2.45, 2.75) is 45.1 Å². The summed E-state index contributed by atoms with van der Waals surface area (Å²) >= 11 is 1.78. The van der Waals surface area contributed by atoms with Crippen LogP contribution in [0.15, 0.2) is 0 Å². The standard InChI is InChI=1S/C13H23N3OS/c1-3-17-11-7-10(8-11)9-13-16-15-12(18-13)5-4-6-14-2/h10-11,14H,3-9H2,1-2H3. The first kappa shape index (κ1) is 13.9. The average Bonchev–Trinajstić information content (AvgIpc) is 2.75. The van der Waals surface area contributed by atoms with Gasteiger partial charge in [0, 0.05) is 19.4 Å². The van der Waals surface area contributed by atoms with Crippen molar-refractivity contribution in [3.63, 3.8) is 0 Å². The molecule has 5 heteroatoms. The predicted octanol–water partition coefficient (Wildman–Crippen LogP) is 2.05. The van der Waals surface area contributed by atoms with Crippen LogP contribution in [0.1, 0.15) is 36.2 Å². The summed E-state index contributed by atoms with van der Waals surface area (Å²) in [6.07, 6.45) is 6.17. The zero-order valence-corrected chi connectivity index (χ0v) is 12.1. The summed E-state index contributed by atoms with van der Waals surface area (Å²) in [4.78, 5) is 0. The van der Waals surface area contributed by atoms with Crippen LogP contribution in [0, 0.1) is 5.92 Å². The van der Waals surface area contributed by atoms with E-state index in [-0.39, 0.29) is 0 Å². The van der Waals surface area contributed by atoms with Crippen molar-refractivity contribution in [3.8, 4) is 0 Å². The van der Waals surface area contributed by atoms with E-state index in [1.54, 1.807) is 11.3 Å². The molecule has 1 N–H and O–H groups in total. The van der Waals surface area contributed by atoms with Gasteiger partial charge >= 0.3 is 0 Å². The van der Waals surface area contributed by atoms with Crippen LogP contribution < -0.4 is 5.32 Å². The van der Waals surface area contributed by atoms with Crippen molar-refractivity contribution >= 4 is 11.3 Å². The maximum absolute atomic E-state index is 5.58. The molecule has 0 spiro atoms. The normalized spacial score (nSPS) is 23.0. The molecule has 0 radical (unpaired) electrons. The van der Waals surface area contributed by atoms with Crippen molar-refractivity contribution in [2.75, 3.05) is 20.2 Å². The Morgan fingerprint density at radius 2 is 2.11 bits per heavy atom. The summed E-state index contributed by atoms with van der Waals surface area (Å²) in [6, 6.07) is 0. The first-order valence-electron chi connectivity index (χ1n) is 6.89. The van der Waals surface area contributed by atoms with Gasteiger partial charge in [0.25, 0.3) is 0 Å². The molecule has 1 aromatic heterocycles. The SMILES string of the molecule is CCOC1CC(Cc2nnc(CCCNC)s2)C1. The van der Waals surface area contributed by atoms with Crippen LogP contribution in [0.3, 0.4) is 0 Å². The molecule has 1 aliphatic rings. The molecule has 0 aliphatic heterocycles. The predicted molar refractivity (Wildman–Crippen MR) is 74.0 cm³/mol. The molecule has 4 nitrogen and oxygen atoms in total. The fraction of sp³-hybridized carbons (Fsp3) is 0.846. The Morgan fingerprint density at radius 3 is 2.83 bits per heavy atom. The van der Waals surface area contributed by atoms with Crippen LogP contribution in [0.25, 0.3) is 0 Å². The number of nitrogens with one attached hydrogen (secondary N) is 1. The lowest BCUT2D eigenvalue weighted by Gasteiger charge is -2.34. The minimum absolute atomic E-state index is 0.503. The fourth-order valence-corrected chi connectivity index (χ4v) is 3.35. The third-order valence-corrected chi connectivity index (χ3v) is 4.39. The van der Waals surface area contributed by atoms with Crippen LogP contribution in [0.5, 0.6) is 0 Å². The average molecular weight is 269 g/mol. The lowest BCUT2D eigenvalue weighted by Crippen LogP contribution is -2.32. The minimum atomic E-state index is 0.503. The number of nitrogens with zero attached hydrogens (tertiary/aromatic N) is 2. The molecule has 1 aromatic rings. The molecule has 0 amide bonds. The Morgan fingerprint density at radius 1 is 1.33 bits per heavy atom. The molecule has 1 aliphatic carbocycles. The summed E-state index contributed by atoms with van der Waals surface area (Å²) in [5.74, 6) is 0.764. The molecule has 0 aromatic carbocycles. The van der Waals surface area contributed by atoms with Crippen LogP contribution >= 0.6 is 11.3 Å². The van der Waals surface area contributed by atoms with E-state index in [9.17, 15) is 0 Å². The fourth-order valence-electron chi connectivity index (χ4n) is 2.35. The lowest BCUT2D eigenvalue weighted by molar-refractivity contribution is -0.0240. The van der Waals surface area contributed by atoms with E-state index in [1.165, 1.54) is 22.9 Å². The summed E-state index contributed by atoms with van der Waals surface area (Å²) in [5.41, 5.74) is 0. The van der Waals surface area contributed by atoms with Crippen LogP contribution in [0.4, 0.5) is 0 Å². The highest BCUT2D eigenvalue weighted by molar-refractivity contribution is 7.11. The van der Waals surface area contributed by atoms with Gasteiger partial charge in [-0.25, -0.2) is 0 Å². The Balaban J connectivity index is 1.68. The van der Waals surface area contributed by atoms with Gasteiger partial charge in [-0.1, -0.05) is 0 Å². The zero-order valence-electron chi connectivity index (χ0n) is 11.3. The van der Waals surface area contributed by atoms with Gasteiger partial charge < -0.3 is 10.1 Å². The largest absolute Gasteiger partial charge is 0.378 e. The van der Waals surface area contributed by atoms with Gasteiger partial charge in [0.15, 0.2) is 0 Å². The zero-order chi connectivity index (χ0) is 12.8. The number of hydrogen-bond donors (Lipinski definition) is 1. The molecule has 0 bridgehead atoms. The molecular weight excluding hydrogens is 246 g/mol. The molecule has 1 heterocycles. The van der Waals surface area contributed by atoms with E-state index in [1.807, 2.05) is 7.05 Å². The van der Waals surface area contributed by atoms with Gasteiger partial charge in [-0.2, -0.15) is 0 Å². The number of ether oxygens (including phenoxy) is 1. The lowest BCUT2D eigenvalue weighted by atomic mass is 9.80. The van der Waals surface area contributed by atoms with E-state index in [2.05, 4.69) is 22.4 Å². The van der Waals surface area contributed by atoms with Crippen LogP contribution in [0.2, 0.25) is 0 Å². The van der Waals surface area contributed by atoms with Gasteiger partial charge in [0.1, 0.15) is 10.0 Å². The smallest absolute Gasteiger partial charge is 0.117 e. The van der Waals surface area contributed by atoms with E-state index < -0.39 is 0 Å². The Hall–Kier alpha value is -0.520. The molecule has 18 heavy (non-hydrogen) atoms. The Labute approximate surface area is 113 Å². The maximum Gasteiger partial charge on any atom is 0.117 e. The quantitative estimate of drug-likeness (QED) is 0.734. The molecule has 1 saturated carbocycles. The van der Waals surface area contributed by atoms with E-state index in [0.29, 0.717) is 6.10 Å². The number of aryl methyl sites for hydroxylation is 1. The van der Waals surface area contributed by atoms with Gasteiger partial charge in [0.2, 0.25) is 0 Å². The number of rotatable bonds is 8. The number of aromatic nitrogens is 2.